The van der Waals surface area contributed by atoms with Crippen molar-refractivity contribution in [3.8, 4) is 0 Å². The predicted octanol–water partition coefficient (Wildman–Crippen LogP) is 1.76. The Bertz CT molecular complexity index is 843. The monoisotopic (exact) mass is 351 g/mol. The number of aromatic amines is 1. The van der Waals surface area contributed by atoms with Gasteiger partial charge < -0.3 is 10.3 Å². The van der Waals surface area contributed by atoms with Crippen molar-refractivity contribution in [3.63, 3.8) is 0 Å². The number of pyridine rings is 1. The van der Waals surface area contributed by atoms with E-state index < -0.39 is 10.0 Å². The predicted molar refractivity (Wildman–Crippen MR) is 90.3 cm³/mol. The molecule has 6 nitrogen and oxygen atoms in total. The van der Waals surface area contributed by atoms with Gasteiger partial charge in [-0.25, -0.2) is 13.1 Å². The van der Waals surface area contributed by atoms with Crippen LogP contribution in [-0.4, -0.2) is 32.4 Å². The minimum Gasteiger partial charge on any atom is -0.352 e. The van der Waals surface area contributed by atoms with Gasteiger partial charge in [-0.1, -0.05) is 29.9 Å². The molecule has 0 aliphatic rings. The fourth-order valence-electron chi connectivity index (χ4n) is 1.86. The number of aromatic nitrogens is 1. The summed E-state index contributed by atoms with van der Waals surface area (Å²) in [4.78, 5) is 14.9. The number of amides is 1. The standard InChI is InChI=1S/C15H17N3O3S2/c1-11-4-6-12(7-5-11)23(20,21)18-10-9-16-14(19)13-3-2-8-17-15(13)22/h2-8,18H,9-10H2,1H3,(H,16,19)(H,17,22). The Kier molecular flexibility index (Phi) is 5.64. The van der Waals surface area contributed by atoms with Crippen LogP contribution in [0, 0.1) is 11.6 Å². The zero-order chi connectivity index (χ0) is 16.9. The molecule has 0 spiro atoms. The summed E-state index contributed by atoms with van der Waals surface area (Å²) in [7, 11) is -3.58. The maximum absolute atomic E-state index is 12.1. The van der Waals surface area contributed by atoms with Crippen LogP contribution in [0.5, 0.6) is 0 Å². The molecule has 2 aromatic rings. The van der Waals surface area contributed by atoms with Gasteiger partial charge in [-0.3, -0.25) is 4.79 Å². The molecular weight excluding hydrogens is 334 g/mol. The van der Waals surface area contributed by atoms with E-state index in [0.717, 1.165) is 5.56 Å². The highest BCUT2D eigenvalue weighted by molar-refractivity contribution is 7.89. The van der Waals surface area contributed by atoms with Gasteiger partial charge in [0.2, 0.25) is 10.0 Å². The molecule has 0 saturated heterocycles. The van der Waals surface area contributed by atoms with E-state index in [4.69, 9.17) is 12.2 Å². The highest BCUT2D eigenvalue weighted by atomic mass is 32.2. The number of carbonyl (C=O) groups is 1. The van der Waals surface area contributed by atoms with Crippen molar-refractivity contribution in [1.82, 2.24) is 15.0 Å². The van der Waals surface area contributed by atoms with Crippen molar-refractivity contribution < 1.29 is 13.2 Å². The van der Waals surface area contributed by atoms with Crippen LogP contribution in [0.4, 0.5) is 0 Å². The molecule has 8 heteroatoms. The van der Waals surface area contributed by atoms with E-state index in [9.17, 15) is 13.2 Å². The molecule has 23 heavy (non-hydrogen) atoms. The number of H-pyrrole nitrogens is 1. The molecule has 0 fully saturated rings. The third kappa shape index (κ3) is 4.72. The van der Waals surface area contributed by atoms with Crippen molar-refractivity contribution in [1.29, 1.82) is 0 Å². The third-order valence-corrected chi connectivity index (χ3v) is 4.91. The van der Waals surface area contributed by atoms with Gasteiger partial charge in [-0.05, 0) is 31.2 Å². The van der Waals surface area contributed by atoms with Crippen LogP contribution < -0.4 is 10.0 Å². The maximum Gasteiger partial charge on any atom is 0.254 e. The zero-order valence-electron chi connectivity index (χ0n) is 12.5. The molecule has 0 radical (unpaired) electrons. The van der Waals surface area contributed by atoms with E-state index in [-0.39, 0.29) is 23.9 Å². The Morgan fingerprint density at radius 2 is 1.87 bits per heavy atom. The van der Waals surface area contributed by atoms with Gasteiger partial charge >= 0.3 is 0 Å². The average Bonchev–Trinajstić information content (AvgIpc) is 2.52. The highest BCUT2D eigenvalue weighted by Gasteiger charge is 2.13. The summed E-state index contributed by atoms with van der Waals surface area (Å²) in [5, 5.41) is 2.62. The first kappa shape index (κ1) is 17.3. The number of carbonyl (C=O) groups excluding carboxylic acids is 1. The molecule has 1 heterocycles. The Morgan fingerprint density at radius 3 is 2.52 bits per heavy atom. The third-order valence-electron chi connectivity index (χ3n) is 3.10. The smallest absolute Gasteiger partial charge is 0.254 e. The van der Waals surface area contributed by atoms with Crippen molar-refractivity contribution in [2.45, 2.75) is 11.8 Å². The van der Waals surface area contributed by atoms with Crippen molar-refractivity contribution in [2.24, 2.45) is 0 Å². The van der Waals surface area contributed by atoms with Gasteiger partial charge in [0.05, 0.1) is 10.5 Å². The zero-order valence-corrected chi connectivity index (χ0v) is 14.1. The first-order chi connectivity index (χ1) is 10.9. The molecule has 1 aromatic heterocycles. The molecule has 1 amide bonds. The number of sulfonamides is 1. The van der Waals surface area contributed by atoms with Crippen LogP contribution in [0.3, 0.4) is 0 Å². The summed E-state index contributed by atoms with van der Waals surface area (Å²) < 4.78 is 26.9. The lowest BCUT2D eigenvalue weighted by Crippen LogP contribution is -2.34. The van der Waals surface area contributed by atoms with Crippen LogP contribution in [0.15, 0.2) is 47.5 Å². The number of rotatable bonds is 6. The fourth-order valence-corrected chi connectivity index (χ4v) is 3.12. The molecule has 0 aliphatic carbocycles. The van der Waals surface area contributed by atoms with Crippen LogP contribution in [0.25, 0.3) is 0 Å². The minimum absolute atomic E-state index is 0.0886. The largest absolute Gasteiger partial charge is 0.352 e. The van der Waals surface area contributed by atoms with E-state index in [1.807, 2.05) is 6.92 Å². The summed E-state index contributed by atoms with van der Waals surface area (Å²) in [5.74, 6) is -0.346. The van der Waals surface area contributed by atoms with Crippen LogP contribution in [0.2, 0.25) is 0 Å². The van der Waals surface area contributed by atoms with Gasteiger partial charge in [0.1, 0.15) is 4.64 Å². The number of hydrogen-bond donors (Lipinski definition) is 3. The summed E-state index contributed by atoms with van der Waals surface area (Å²) in [5.41, 5.74) is 1.33. The minimum atomic E-state index is -3.58. The van der Waals surface area contributed by atoms with Gasteiger partial charge in [0, 0.05) is 19.3 Å². The maximum atomic E-state index is 12.1. The van der Waals surface area contributed by atoms with E-state index in [1.54, 1.807) is 42.6 Å². The lowest BCUT2D eigenvalue weighted by molar-refractivity contribution is 0.0953. The molecule has 3 N–H and O–H groups in total. The van der Waals surface area contributed by atoms with E-state index in [2.05, 4.69) is 15.0 Å². The normalized spacial score (nSPS) is 11.2. The molecule has 122 valence electrons. The molecule has 0 aliphatic heterocycles. The fraction of sp³-hybridized carbons (Fsp3) is 0.200. The number of benzene rings is 1. The summed E-state index contributed by atoms with van der Waals surface area (Å²) in [6.07, 6.45) is 1.63. The first-order valence-corrected chi connectivity index (χ1v) is 8.81. The van der Waals surface area contributed by atoms with Crippen molar-refractivity contribution in [3.05, 3.63) is 58.4 Å². The Balaban J connectivity index is 1.88. The Labute approximate surface area is 140 Å². The molecule has 0 atom stereocenters. The summed E-state index contributed by atoms with van der Waals surface area (Å²) in [6, 6.07) is 9.81. The highest BCUT2D eigenvalue weighted by Crippen LogP contribution is 2.09. The molecular formula is C15H17N3O3S2. The van der Waals surface area contributed by atoms with Gasteiger partial charge in [0.25, 0.3) is 5.91 Å². The molecule has 2 rings (SSSR count). The van der Waals surface area contributed by atoms with Crippen LogP contribution in [0.1, 0.15) is 15.9 Å². The Morgan fingerprint density at radius 1 is 1.17 bits per heavy atom. The molecule has 0 unspecified atom stereocenters. The lowest BCUT2D eigenvalue weighted by atomic mass is 10.2. The van der Waals surface area contributed by atoms with Gasteiger partial charge in [-0.15, -0.1) is 0 Å². The average molecular weight is 351 g/mol. The van der Waals surface area contributed by atoms with E-state index in [1.165, 1.54) is 0 Å². The van der Waals surface area contributed by atoms with Crippen molar-refractivity contribution >= 4 is 28.1 Å². The second-order valence-corrected chi connectivity index (χ2v) is 7.05. The second kappa shape index (κ2) is 7.49. The molecule has 1 aromatic carbocycles. The number of nitrogens with one attached hydrogen (secondary N) is 3. The van der Waals surface area contributed by atoms with E-state index in [0.29, 0.717) is 10.2 Å². The number of hydrogen-bond acceptors (Lipinski definition) is 4. The molecule has 0 bridgehead atoms. The second-order valence-electron chi connectivity index (χ2n) is 4.88. The topological polar surface area (TPSA) is 91.1 Å². The quantitative estimate of drug-likeness (QED) is 0.546. The van der Waals surface area contributed by atoms with E-state index >= 15 is 0 Å². The Hall–Kier alpha value is -2.03. The number of aryl methyl sites for hydroxylation is 1. The van der Waals surface area contributed by atoms with Crippen LogP contribution in [-0.2, 0) is 10.0 Å². The molecule has 0 saturated carbocycles. The van der Waals surface area contributed by atoms with Crippen LogP contribution >= 0.6 is 12.2 Å². The van der Waals surface area contributed by atoms with Crippen molar-refractivity contribution in [2.75, 3.05) is 13.1 Å². The van der Waals surface area contributed by atoms with Gasteiger partial charge in [-0.2, -0.15) is 0 Å². The summed E-state index contributed by atoms with van der Waals surface area (Å²) in [6.45, 7) is 2.13. The lowest BCUT2D eigenvalue weighted by Gasteiger charge is -2.08. The summed E-state index contributed by atoms with van der Waals surface area (Å²) >= 11 is 5.01. The SMILES string of the molecule is Cc1ccc(S(=O)(=O)NCCNC(=O)c2ccc[nH]c2=S)cc1. The van der Waals surface area contributed by atoms with Gasteiger partial charge in [0.15, 0.2) is 0 Å². The first-order valence-electron chi connectivity index (χ1n) is 6.92.